The largest absolute Gasteiger partial charge is 0.465 e. The van der Waals surface area contributed by atoms with Crippen molar-refractivity contribution in [1.82, 2.24) is 0 Å². The number of hydrogen-bond acceptors (Lipinski definition) is 4. The lowest BCUT2D eigenvalue weighted by Crippen LogP contribution is -2.22. The Morgan fingerprint density at radius 2 is 2.00 bits per heavy atom. The maximum atomic E-state index is 11.5. The first kappa shape index (κ1) is 14.0. The number of esters is 2. The Kier molecular flexibility index (Phi) is 6.67. The molecule has 0 aromatic heterocycles. The van der Waals surface area contributed by atoms with Crippen molar-refractivity contribution in [1.29, 1.82) is 0 Å². The highest BCUT2D eigenvalue weighted by Gasteiger charge is 2.34. The van der Waals surface area contributed by atoms with Crippen LogP contribution in [-0.2, 0) is 19.1 Å². The van der Waals surface area contributed by atoms with Gasteiger partial charge in [0.2, 0.25) is 0 Å². The molecule has 1 rings (SSSR count). The van der Waals surface area contributed by atoms with Crippen molar-refractivity contribution in [3.8, 4) is 0 Å². The van der Waals surface area contributed by atoms with E-state index in [0.717, 1.165) is 12.8 Å². The van der Waals surface area contributed by atoms with E-state index < -0.39 is 17.9 Å². The van der Waals surface area contributed by atoms with Crippen LogP contribution in [0.2, 0.25) is 0 Å². The zero-order valence-corrected chi connectivity index (χ0v) is 10.6. The fraction of sp³-hybridized carbons (Fsp3) is 0.846. The Hall–Kier alpha value is -1.06. The second kappa shape index (κ2) is 8.09. The van der Waals surface area contributed by atoms with E-state index in [1.165, 1.54) is 25.7 Å². The van der Waals surface area contributed by atoms with Gasteiger partial charge in [0, 0.05) is 6.42 Å². The summed E-state index contributed by atoms with van der Waals surface area (Å²) in [6.45, 7) is 2.95. The van der Waals surface area contributed by atoms with Crippen LogP contribution in [0.25, 0.3) is 0 Å². The van der Waals surface area contributed by atoms with Crippen molar-refractivity contribution in [2.24, 2.45) is 5.92 Å². The highest BCUT2D eigenvalue weighted by atomic mass is 16.6. The minimum Gasteiger partial charge on any atom is -0.465 e. The first-order valence-corrected chi connectivity index (χ1v) is 6.59. The lowest BCUT2D eigenvalue weighted by molar-refractivity contribution is -0.156. The van der Waals surface area contributed by atoms with Crippen LogP contribution in [-0.4, -0.2) is 25.2 Å². The number of cyclic esters (lactones) is 1. The Morgan fingerprint density at radius 1 is 1.29 bits per heavy atom. The molecule has 0 aromatic carbocycles. The Bertz CT molecular complexity index is 250. The Labute approximate surface area is 103 Å². The summed E-state index contributed by atoms with van der Waals surface area (Å²) in [7, 11) is 0. The summed E-state index contributed by atoms with van der Waals surface area (Å²) < 4.78 is 9.78. The van der Waals surface area contributed by atoms with E-state index in [0.29, 0.717) is 19.6 Å². The molecule has 1 fully saturated rings. The third-order valence-corrected chi connectivity index (χ3v) is 2.96. The van der Waals surface area contributed by atoms with Gasteiger partial charge >= 0.3 is 11.9 Å². The maximum Gasteiger partial charge on any atom is 0.320 e. The van der Waals surface area contributed by atoms with E-state index >= 15 is 0 Å². The molecule has 1 aliphatic heterocycles. The summed E-state index contributed by atoms with van der Waals surface area (Å²) in [5.41, 5.74) is 0. The minimum atomic E-state index is -0.671. The van der Waals surface area contributed by atoms with E-state index in [2.05, 4.69) is 6.92 Å². The molecule has 4 nitrogen and oxygen atoms in total. The molecular formula is C13H22O4. The van der Waals surface area contributed by atoms with E-state index in [-0.39, 0.29) is 0 Å². The van der Waals surface area contributed by atoms with Crippen LogP contribution < -0.4 is 0 Å². The summed E-state index contributed by atoms with van der Waals surface area (Å²) in [6.07, 6.45) is 7.39. The lowest BCUT2D eigenvalue weighted by atomic mass is 10.1. The van der Waals surface area contributed by atoms with Crippen LogP contribution in [0.1, 0.15) is 51.9 Å². The fourth-order valence-corrected chi connectivity index (χ4v) is 1.87. The molecule has 1 atom stereocenters. The van der Waals surface area contributed by atoms with Crippen LogP contribution >= 0.6 is 0 Å². The molecule has 0 amide bonds. The second-order valence-corrected chi connectivity index (χ2v) is 4.44. The van der Waals surface area contributed by atoms with Crippen LogP contribution in [0.3, 0.4) is 0 Å². The van der Waals surface area contributed by atoms with Gasteiger partial charge in [0.1, 0.15) is 0 Å². The minimum absolute atomic E-state index is 0.343. The van der Waals surface area contributed by atoms with Gasteiger partial charge in [-0.1, -0.05) is 39.0 Å². The number of carbonyl (C=O) groups is 2. The van der Waals surface area contributed by atoms with Crippen LogP contribution in [0.4, 0.5) is 0 Å². The predicted molar refractivity (Wildman–Crippen MR) is 63.4 cm³/mol. The molecule has 1 aliphatic rings. The summed E-state index contributed by atoms with van der Waals surface area (Å²) >= 11 is 0. The van der Waals surface area contributed by atoms with Crippen molar-refractivity contribution >= 4 is 11.9 Å². The Morgan fingerprint density at radius 3 is 2.65 bits per heavy atom. The number of hydrogen-bond donors (Lipinski definition) is 0. The van der Waals surface area contributed by atoms with Gasteiger partial charge in [0.05, 0.1) is 13.2 Å². The topological polar surface area (TPSA) is 52.6 Å². The normalized spacial score (nSPS) is 19.1. The monoisotopic (exact) mass is 242 g/mol. The smallest absolute Gasteiger partial charge is 0.320 e. The van der Waals surface area contributed by atoms with Gasteiger partial charge in [-0.3, -0.25) is 9.59 Å². The summed E-state index contributed by atoms with van der Waals surface area (Å²) in [5, 5.41) is 0. The molecule has 17 heavy (non-hydrogen) atoms. The fourth-order valence-electron chi connectivity index (χ4n) is 1.87. The lowest BCUT2D eigenvalue weighted by Gasteiger charge is -2.07. The maximum absolute atomic E-state index is 11.5. The van der Waals surface area contributed by atoms with Crippen LogP contribution in [0, 0.1) is 5.92 Å². The van der Waals surface area contributed by atoms with E-state index in [9.17, 15) is 9.59 Å². The number of unbranched alkanes of at least 4 members (excludes halogenated alkanes) is 5. The summed E-state index contributed by atoms with van der Waals surface area (Å²) in [4.78, 5) is 22.6. The quantitative estimate of drug-likeness (QED) is 0.373. The zero-order valence-electron chi connectivity index (χ0n) is 10.6. The molecule has 4 heteroatoms. The van der Waals surface area contributed by atoms with E-state index in [1.807, 2.05) is 0 Å². The van der Waals surface area contributed by atoms with E-state index in [4.69, 9.17) is 9.47 Å². The van der Waals surface area contributed by atoms with Gasteiger partial charge in [-0.15, -0.1) is 0 Å². The predicted octanol–water partition coefficient (Wildman–Crippen LogP) is 2.45. The Balaban J connectivity index is 1.99. The average molecular weight is 242 g/mol. The molecule has 0 aliphatic carbocycles. The van der Waals surface area contributed by atoms with Crippen molar-refractivity contribution in [2.45, 2.75) is 51.9 Å². The van der Waals surface area contributed by atoms with Gasteiger partial charge in [-0.2, -0.15) is 0 Å². The highest BCUT2D eigenvalue weighted by molar-refractivity contribution is 5.95. The van der Waals surface area contributed by atoms with Crippen LogP contribution in [0.5, 0.6) is 0 Å². The zero-order chi connectivity index (χ0) is 12.5. The molecule has 98 valence electrons. The standard InChI is InChI=1S/C13H22O4/c1-2-3-4-5-6-7-9-16-12(14)11-8-10-17-13(11)15/h11H,2-10H2,1H3. The summed E-state index contributed by atoms with van der Waals surface area (Å²) in [6, 6.07) is 0. The first-order chi connectivity index (χ1) is 8.25. The molecule has 1 saturated heterocycles. The van der Waals surface area contributed by atoms with Gasteiger partial charge in [-0.25, -0.2) is 0 Å². The third-order valence-electron chi connectivity index (χ3n) is 2.96. The molecule has 0 aromatic rings. The van der Waals surface area contributed by atoms with Crippen molar-refractivity contribution in [3.05, 3.63) is 0 Å². The van der Waals surface area contributed by atoms with Gasteiger partial charge in [-0.05, 0) is 6.42 Å². The van der Waals surface area contributed by atoms with Crippen molar-refractivity contribution in [2.75, 3.05) is 13.2 Å². The van der Waals surface area contributed by atoms with Gasteiger partial charge in [0.15, 0.2) is 5.92 Å². The number of ether oxygens (including phenoxy) is 2. The molecule has 1 heterocycles. The molecule has 1 unspecified atom stereocenters. The number of carbonyl (C=O) groups excluding carboxylic acids is 2. The molecule has 0 saturated carbocycles. The molecule has 0 N–H and O–H groups in total. The third kappa shape index (κ3) is 5.20. The number of rotatable bonds is 8. The van der Waals surface area contributed by atoms with Crippen LogP contribution in [0.15, 0.2) is 0 Å². The molecule has 0 bridgehead atoms. The summed E-state index contributed by atoms with van der Waals surface area (Å²) in [5.74, 6) is -1.52. The molecule has 0 radical (unpaired) electrons. The molecule has 0 spiro atoms. The van der Waals surface area contributed by atoms with Gasteiger partial charge < -0.3 is 9.47 Å². The first-order valence-electron chi connectivity index (χ1n) is 6.59. The van der Waals surface area contributed by atoms with E-state index in [1.54, 1.807) is 0 Å². The second-order valence-electron chi connectivity index (χ2n) is 4.44. The SMILES string of the molecule is CCCCCCCCOC(=O)C1CCOC1=O. The van der Waals surface area contributed by atoms with Crippen molar-refractivity contribution < 1.29 is 19.1 Å². The average Bonchev–Trinajstić information content (AvgIpc) is 2.74. The van der Waals surface area contributed by atoms with Gasteiger partial charge in [0.25, 0.3) is 0 Å². The highest BCUT2D eigenvalue weighted by Crippen LogP contribution is 2.16. The molecular weight excluding hydrogens is 220 g/mol. The van der Waals surface area contributed by atoms with Crippen molar-refractivity contribution in [3.63, 3.8) is 0 Å².